The lowest BCUT2D eigenvalue weighted by Gasteiger charge is -2.53. The highest BCUT2D eigenvalue weighted by atomic mass is 16.5. The molecule has 2 saturated heterocycles. The highest BCUT2D eigenvalue weighted by Crippen LogP contribution is 2.36. The van der Waals surface area contributed by atoms with Gasteiger partial charge in [0.1, 0.15) is 6.10 Å². The van der Waals surface area contributed by atoms with E-state index >= 15 is 0 Å². The Hall–Kier alpha value is -2.05. The van der Waals surface area contributed by atoms with Crippen molar-refractivity contribution in [1.82, 2.24) is 19.9 Å². The molecule has 0 bridgehead atoms. The molecule has 4 heterocycles. The molecule has 0 aliphatic carbocycles. The van der Waals surface area contributed by atoms with Gasteiger partial charge in [0.15, 0.2) is 0 Å². The Morgan fingerprint density at radius 3 is 3.00 bits per heavy atom. The van der Waals surface area contributed by atoms with E-state index in [-0.39, 0.29) is 11.7 Å². The zero-order valence-electron chi connectivity index (χ0n) is 13.9. The van der Waals surface area contributed by atoms with Gasteiger partial charge in [-0.05, 0) is 18.6 Å². The van der Waals surface area contributed by atoms with Crippen LogP contribution in [-0.2, 0) is 11.3 Å². The smallest absolute Gasteiger partial charge is 0.232 e. The first-order valence-corrected chi connectivity index (χ1v) is 8.41. The van der Waals surface area contributed by atoms with Crippen LogP contribution in [0.1, 0.15) is 24.1 Å². The van der Waals surface area contributed by atoms with Gasteiger partial charge >= 0.3 is 0 Å². The number of rotatable bonds is 4. The summed E-state index contributed by atoms with van der Waals surface area (Å²) in [5, 5.41) is 0. The number of nitrogens with zero attached hydrogens (tertiary/aromatic N) is 4. The van der Waals surface area contributed by atoms with Crippen molar-refractivity contribution in [1.29, 1.82) is 0 Å². The van der Waals surface area contributed by atoms with Crippen molar-refractivity contribution in [2.24, 2.45) is 0 Å². The molecule has 2 aliphatic rings. The number of pyridine rings is 1. The molecule has 2 aliphatic heterocycles. The lowest BCUT2D eigenvalue weighted by Crippen LogP contribution is -2.65. The summed E-state index contributed by atoms with van der Waals surface area (Å²) in [7, 11) is 0. The molecule has 1 atom stereocenters. The largest absolute Gasteiger partial charge is 0.473 e. The summed E-state index contributed by atoms with van der Waals surface area (Å²) in [5.41, 5.74) is 2.05. The van der Waals surface area contributed by atoms with Gasteiger partial charge in [-0.25, -0.2) is 4.98 Å². The number of ether oxygens (including phenoxy) is 2. The number of aryl methyl sites for hydroxylation is 1. The highest BCUT2D eigenvalue weighted by molar-refractivity contribution is 5.12. The Morgan fingerprint density at radius 1 is 1.29 bits per heavy atom. The summed E-state index contributed by atoms with van der Waals surface area (Å²) >= 11 is 0. The maximum absolute atomic E-state index is 6.09. The molecule has 2 fully saturated rings. The van der Waals surface area contributed by atoms with Gasteiger partial charge < -0.3 is 9.47 Å². The minimum absolute atomic E-state index is 0.0671. The molecule has 2 aromatic heterocycles. The fourth-order valence-corrected chi connectivity index (χ4v) is 3.60. The van der Waals surface area contributed by atoms with Crippen molar-refractivity contribution in [2.75, 3.05) is 19.7 Å². The summed E-state index contributed by atoms with van der Waals surface area (Å²) in [6.45, 7) is 5.48. The van der Waals surface area contributed by atoms with Crippen molar-refractivity contribution < 1.29 is 9.47 Å². The molecule has 126 valence electrons. The summed E-state index contributed by atoms with van der Waals surface area (Å²) in [6, 6.07) is 4.09. The lowest BCUT2D eigenvalue weighted by atomic mass is 9.84. The Bertz CT molecular complexity index is 688. The van der Waals surface area contributed by atoms with Gasteiger partial charge in [0.2, 0.25) is 5.88 Å². The molecule has 6 nitrogen and oxygen atoms in total. The van der Waals surface area contributed by atoms with E-state index in [9.17, 15) is 0 Å². The molecule has 4 rings (SSSR count). The molecule has 6 heteroatoms. The van der Waals surface area contributed by atoms with Crippen LogP contribution >= 0.6 is 0 Å². The van der Waals surface area contributed by atoms with Gasteiger partial charge in [0, 0.05) is 51.1 Å². The highest BCUT2D eigenvalue weighted by Gasteiger charge is 2.48. The number of hydrogen-bond donors (Lipinski definition) is 0. The van der Waals surface area contributed by atoms with Crippen molar-refractivity contribution in [2.45, 2.75) is 38.0 Å². The van der Waals surface area contributed by atoms with Crippen LogP contribution in [0.25, 0.3) is 0 Å². The third kappa shape index (κ3) is 3.39. The van der Waals surface area contributed by atoms with E-state index in [4.69, 9.17) is 9.47 Å². The van der Waals surface area contributed by atoms with Gasteiger partial charge in [0.05, 0.1) is 24.1 Å². The minimum atomic E-state index is -0.0671. The van der Waals surface area contributed by atoms with E-state index in [0.29, 0.717) is 5.88 Å². The summed E-state index contributed by atoms with van der Waals surface area (Å²) in [6.07, 6.45) is 9.11. The quantitative estimate of drug-likeness (QED) is 0.856. The van der Waals surface area contributed by atoms with E-state index < -0.39 is 0 Å². The average molecular weight is 326 g/mol. The molecule has 2 aromatic rings. The Kier molecular flexibility index (Phi) is 4.16. The zero-order chi connectivity index (χ0) is 16.4. The van der Waals surface area contributed by atoms with Crippen molar-refractivity contribution in [3.63, 3.8) is 0 Å². The van der Waals surface area contributed by atoms with Gasteiger partial charge in [-0.2, -0.15) is 0 Å². The number of aromatic nitrogens is 3. The van der Waals surface area contributed by atoms with E-state index in [1.54, 1.807) is 12.4 Å². The second-order valence-corrected chi connectivity index (χ2v) is 6.77. The molecule has 0 saturated carbocycles. The molecule has 24 heavy (non-hydrogen) atoms. The second kappa shape index (κ2) is 6.45. The first-order valence-electron chi connectivity index (χ1n) is 8.41. The topological polar surface area (TPSA) is 60.4 Å². The van der Waals surface area contributed by atoms with E-state index in [0.717, 1.165) is 44.8 Å². The Labute approximate surface area is 141 Å². The normalized spacial score (nSPS) is 23.0. The SMILES string of the molecule is Cc1cncc(O[C@H]2CCOC3(C2)CN(Cc2cccnc2)C3)n1. The van der Waals surface area contributed by atoms with Crippen LogP contribution in [0.15, 0.2) is 36.9 Å². The van der Waals surface area contributed by atoms with E-state index in [1.807, 2.05) is 25.4 Å². The van der Waals surface area contributed by atoms with Crippen LogP contribution in [0.2, 0.25) is 0 Å². The second-order valence-electron chi connectivity index (χ2n) is 6.77. The van der Waals surface area contributed by atoms with Crippen LogP contribution in [0, 0.1) is 6.92 Å². The predicted molar refractivity (Wildman–Crippen MR) is 88.6 cm³/mol. The third-order valence-electron chi connectivity index (χ3n) is 4.62. The predicted octanol–water partition coefficient (Wildman–Crippen LogP) is 1.99. The molecule has 0 N–H and O–H groups in total. The number of likely N-dealkylation sites (tertiary alicyclic amines) is 1. The molecule has 1 spiro atoms. The molecule has 0 radical (unpaired) electrons. The zero-order valence-corrected chi connectivity index (χ0v) is 13.9. The molecular formula is C18H22N4O2. The monoisotopic (exact) mass is 326 g/mol. The van der Waals surface area contributed by atoms with Gasteiger partial charge in [-0.15, -0.1) is 0 Å². The first-order chi connectivity index (χ1) is 11.7. The van der Waals surface area contributed by atoms with Gasteiger partial charge in [-0.3, -0.25) is 14.9 Å². The number of hydrogen-bond acceptors (Lipinski definition) is 6. The Morgan fingerprint density at radius 2 is 2.21 bits per heavy atom. The van der Waals surface area contributed by atoms with Crippen LogP contribution in [0.4, 0.5) is 0 Å². The average Bonchev–Trinajstić information content (AvgIpc) is 2.55. The van der Waals surface area contributed by atoms with Gasteiger partial charge in [-0.1, -0.05) is 6.07 Å². The van der Waals surface area contributed by atoms with Crippen molar-refractivity contribution in [3.8, 4) is 5.88 Å². The van der Waals surface area contributed by atoms with Crippen molar-refractivity contribution in [3.05, 3.63) is 48.2 Å². The van der Waals surface area contributed by atoms with Crippen LogP contribution in [0.5, 0.6) is 5.88 Å². The van der Waals surface area contributed by atoms with E-state index in [2.05, 4.69) is 25.9 Å². The standard InChI is InChI=1S/C18H22N4O2/c1-14-8-20-10-17(21-14)24-16-4-6-23-18(7-16)12-22(13-18)11-15-3-2-5-19-9-15/h2-3,5,8-10,16H,4,6-7,11-13H2,1H3/t16-/m0/s1. The third-order valence-corrected chi connectivity index (χ3v) is 4.62. The first kappa shape index (κ1) is 15.5. The van der Waals surface area contributed by atoms with Crippen LogP contribution in [0.3, 0.4) is 0 Å². The van der Waals surface area contributed by atoms with Crippen LogP contribution < -0.4 is 4.74 Å². The molecule has 0 aromatic carbocycles. The molecule has 0 unspecified atom stereocenters. The summed E-state index contributed by atoms with van der Waals surface area (Å²) in [5.74, 6) is 0.614. The van der Waals surface area contributed by atoms with Gasteiger partial charge in [0.25, 0.3) is 0 Å². The van der Waals surface area contributed by atoms with Crippen molar-refractivity contribution >= 4 is 0 Å². The fraction of sp³-hybridized carbons (Fsp3) is 0.500. The summed E-state index contributed by atoms with van der Waals surface area (Å²) < 4.78 is 12.1. The molecular weight excluding hydrogens is 304 g/mol. The Balaban J connectivity index is 1.33. The minimum Gasteiger partial charge on any atom is -0.473 e. The fourth-order valence-electron chi connectivity index (χ4n) is 3.60. The molecule has 0 amide bonds. The van der Waals surface area contributed by atoms with Crippen LogP contribution in [-0.4, -0.2) is 51.3 Å². The summed E-state index contributed by atoms with van der Waals surface area (Å²) in [4.78, 5) is 15.1. The maximum atomic E-state index is 6.09. The lowest BCUT2D eigenvalue weighted by molar-refractivity contribution is -0.188. The van der Waals surface area contributed by atoms with E-state index in [1.165, 1.54) is 5.56 Å². The maximum Gasteiger partial charge on any atom is 0.232 e.